The van der Waals surface area contributed by atoms with Crippen LogP contribution < -0.4 is 20.7 Å². The maximum atomic E-state index is 13.7. The van der Waals surface area contributed by atoms with Gasteiger partial charge in [0.2, 0.25) is 17.7 Å². The van der Waals surface area contributed by atoms with Crippen molar-refractivity contribution in [2.45, 2.75) is 63.7 Å². The average molecular weight is 565 g/mol. The lowest BCUT2D eigenvalue weighted by Gasteiger charge is -2.30. The smallest absolute Gasteiger partial charge is 0.255 e. The Hall–Kier alpha value is -3.92. The Morgan fingerprint density at radius 3 is 2.49 bits per heavy atom. The number of rotatable bonds is 6. The van der Waals surface area contributed by atoms with Crippen LogP contribution in [0.2, 0.25) is 0 Å². The van der Waals surface area contributed by atoms with E-state index in [1.54, 1.807) is 36.3 Å². The molecule has 4 rings (SSSR count). The van der Waals surface area contributed by atoms with Gasteiger partial charge in [0.25, 0.3) is 5.91 Å². The van der Waals surface area contributed by atoms with E-state index in [0.717, 1.165) is 18.4 Å². The first-order chi connectivity index (χ1) is 19.8. The number of para-hydroxylation sites is 1. The lowest BCUT2D eigenvalue weighted by molar-refractivity contribution is -0.138. The second kappa shape index (κ2) is 14.1. The predicted molar refractivity (Wildman–Crippen MR) is 153 cm³/mol. The molecule has 3 N–H and O–H groups in total. The maximum absolute atomic E-state index is 13.7. The second-order valence-corrected chi connectivity index (χ2v) is 11.0. The number of carbonyl (C=O) groups excluding carboxylic acids is 4. The zero-order valence-electron chi connectivity index (χ0n) is 23.9. The molecule has 1 fully saturated rings. The second-order valence-electron chi connectivity index (χ2n) is 11.0. The summed E-state index contributed by atoms with van der Waals surface area (Å²) in [5.41, 5.74) is 1.25. The van der Waals surface area contributed by atoms with Crippen LogP contribution in [0.5, 0.6) is 5.75 Å². The van der Waals surface area contributed by atoms with Crippen LogP contribution in [-0.4, -0.2) is 79.6 Å². The summed E-state index contributed by atoms with van der Waals surface area (Å²) >= 11 is 0. The molecule has 0 saturated carbocycles. The molecule has 2 aromatic carbocycles. The maximum Gasteiger partial charge on any atom is 0.255 e. The van der Waals surface area contributed by atoms with Gasteiger partial charge in [-0.05, 0) is 42.9 Å². The van der Waals surface area contributed by atoms with Crippen molar-refractivity contribution in [1.82, 2.24) is 20.9 Å². The molecular weight excluding hydrogens is 524 g/mol. The Balaban J connectivity index is 1.65. The molecule has 10 heteroatoms. The van der Waals surface area contributed by atoms with Gasteiger partial charge in [0, 0.05) is 13.7 Å². The number of fused-ring (bicyclic) bond motifs is 1. The van der Waals surface area contributed by atoms with E-state index in [2.05, 4.69) is 16.0 Å². The van der Waals surface area contributed by atoms with Crippen molar-refractivity contribution >= 4 is 23.6 Å². The molecule has 2 aliphatic heterocycles. The number of ether oxygens (including phenoxy) is 2. The predicted octanol–water partition coefficient (Wildman–Crippen LogP) is 2.07. The minimum atomic E-state index is -1.13. The van der Waals surface area contributed by atoms with Gasteiger partial charge in [0.05, 0.1) is 30.7 Å². The van der Waals surface area contributed by atoms with E-state index in [1.165, 1.54) is 0 Å². The Bertz CT molecular complexity index is 1220. The van der Waals surface area contributed by atoms with E-state index in [0.29, 0.717) is 25.3 Å². The third-order valence-electron chi connectivity index (χ3n) is 7.52. The average Bonchev–Trinajstić information content (AvgIpc) is 3.42. The van der Waals surface area contributed by atoms with Crippen molar-refractivity contribution in [2.75, 3.05) is 26.9 Å². The quantitative estimate of drug-likeness (QED) is 0.493. The topological polar surface area (TPSA) is 126 Å². The molecule has 2 heterocycles. The minimum Gasteiger partial charge on any atom is -0.491 e. The van der Waals surface area contributed by atoms with E-state index in [1.807, 2.05) is 44.2 Å². The van der Waals surface area contributed by atoms with Crippen LogP contribution in [0.4, 0.5) is 0 Å². The van der Waals surface area contributed by atoms with Gasteiger partial charge < -0.3 is 30.3 Å². The highest BCUT2D eigenvalue weighted by Gasteiger charge is 2.36. The monoisotopic (exact) mass is 564 g/mol. The van der Waals surface area contributed by atoms with Gasteiger partial charge in [-0.1, -0.05) is 56.3 Å². The molecule has 0 aromatic heterocycles. The van der Waals surface area contributed by atoms with E-state index in [4.69, 9.17) is 9.47 Å². The molecule has 0 bridgehead atoms. The number of methoxy groups -OCH3 is 1. The number of nitrogens with one attached hydrogen (secondary N) is 3. The van der Waals surface area contributed by atoms with Crippen molar-refractivity contribution in [2.24, 2.45) is 5.92 Å². The fourth-order valence-corrected chi connectivity index (χ4v) is 5.39. The summed E-state index contributed by atoms with van der Waals surface area (Å²) in [6.07, 6.45) is 1.77. The molecule has 1 saturated heterocycles. The number of nitrogens with zero attached hydrogens (tertiary/aromatic N) is 1. The van der Waals surface area contributed by atoms with Crippen LogP contribution >= 0.6 is 0 Å². The van der Waals surface area contributed by atoms with Gasteiger partial charge in [0.15, 0.2) is 0 Å². The molecule has 4 amide bonds. The summed E-state index contributed by atoms with van der Waals surface area (Å²) in [4.78, 5) is 55.7. The molecule has 0 spiro atoms. The summed E-state index contributed by atoms with van der Waals surface area (Å²) in [6.45, 7) is 4.67. The molecule has 220 valence electrons. The largest absolute Gasteiger partial charge is 0.491 e. The van der Waals surface area contributed by atoms with E-state index in [-0.39, 0.29) is 42.4 Å². The summed E-state index contributed by atoms with van der Waals surface area (Å²) < 4.78 is 11.4. The lowest BCUT2D eigenvalue weighted by Crippen LogP contribution is -2.56. The molecule has 0 unspecified atom stereocenters. The van der Waals surface area contributed by atoms with Gasteiger partial charge in [-0.15, -0.1) is 0 Å². The summed E-state index contributed by atoms with van der Waals surface area (Å²) in [6, 6.07) is 13.9. The Labute approximate surface area is 241 Å². The molecule has 4 atom stereocenters. The molecule has 0 aliphatic carbocycles. The third-order valence-corrected chi connectivity index (χ3v) is 7.52. The zero-order chi connectivity index (χ0) is 29.4. The van der Waals surface area contributed by atoms with Gasteiger partial charge in [-0.2, -0.15) is 0 Å². The van der Waals surface area contributed by atoms with Crippen LogP contribution in [0.1, 0.15) is 49.0 Å². The van der Waals surface area contributed by atoms with Crippen LogP contribution in [0.25, 0.3) is 0 Å². The van der Waals surface area contributed by atoms with Crippen molar-refractivity contribution in [3.05, 3.63) is 65.7 Å². The number of likely N-dealkylation sites (tertiary alicyclic amines) is 1. The first kappa shape index (κ1) is 30.0. The van der Waals surface area contributed by atoms with Crippen LogP contribution in [0.15, 0.2) is 54.6 Å². The zero-order valence-corrected chi connectivity index (χ0v) is 23.9. The number of amides is 4. The summed E-state index contributed by atoms with van der Waals surface area (Å²) in [7, 11) is 1.58. The summed E-state index contributed by atoms with van der Waals surface area (Å²) in [5, 5.41) is 8.65. The minimum absolute atomic E-state index is 0.0958. The Kier molecular flexibility index (Phi) is 10.3. The highest BCUT2D eigenvalue weighted by atomic mass is 16.5. The molecule has 41 heavy (non-hydrogen) atoms. The van der Waals surface area contributed by atoms with Gasteiger partial charge in [0.1, 0.15) is 24.4 Å². The lowest BCUT2D eigenvalue weighted by atomic mass is 10.0. The normalized spacial score (nSPS) is 24.0. The van der Waals surface area contributed by atoms with E-state index in [9.17, 15) is 19.2 Å². The van der Waals surface area contributed by atoms with Gasteiger partial charge in [-0.25, -0.2) is 0 Å². The van der Waals surface area contributed by atoms with Crippen molar-refractivity contribution in [1.29, 1.82) is 0 Å². The first-order valence-electron chi connectivity index (χ1n) is 14.2. The molecule has 2 aromatic rings. The third kappa shape index (κ3) is 7.85. The van der Waals surface area contributed by atoms with Crippen LogP contribution in [0, 0.1) is 5.92 Å². The number of carbonyl (C=O) groups is 4. The molecule has 10 nitrogen and oxygen atoms in total. The van der Waals surface area contributed by atoms with Crippen LogP contribution in [-0.2, 0) is 25.5 Å². The fourth-order valence-electron chi connectivity index (χ4n) is 5.39. The Morgan fingerprint density at radius 1 is 1.02 bits per heavy atom. The molecule has 0 radical (unpaired) electrons. The fraction of sp³-hybridized carbons (Fsp3) is 0.484. The molecular formula is C31H40N4O6. The van der Waals surface area contributed by atoms with E-state index >= 15 is 0 Å². The van der Waals surface area contributed by atoms with Gasteiger partial charge >= 0.3 is 0 Å². The van der Waals surface area contributed by atoms with Crippen molar-refractivity contribution in [3.8, 4) is 5.75 Å². The number of hydrogen-bond acceptors (Lipinski definition) is 6. The standard InChI is InChI=1S/C31H40N4O6/c1-20(2)28-30(38)32-22(16-21-10-5-4-6-11-21)18-41-26-14-8-7-13-24(26)29(37)33-25(17-27(36)34-28)31(39)35-15-9-12-23(35)19-40-3/h4-8,10-11,13-14,20,22-23,25,28H,9,12,15-19H2,1-3H3,(H,32,38)(H,33,37)(H,34,36)/t22-,23+,25+,28+/m1/s1. The van der Waals surface area contributed by atoms with Crippen molar-refractivity contribution in [3.63, 3.8) is 0 Å². The van der Waals surface area contributed by atoms with E-state index < -0.39 is 29.9 Å². The van der Waals surface area contributed by atoms with Crippen molar-refractivity contribution < 1.29 is 28.7 Å². The number of hydrogen-bond donors (Lipinski definition) is 3. The van der Waals surface area contributed by atoms with Crippen LogP contribution in [0.3, 0.4) is 0 Å². The first-order valence-corrected chi connectivity index (χ1v) is 14.2. The summed E-state index contributed by atoms with van der Waals surface area (Å²) in [5.74, 6) is -1.61. The number of benzene rings is 2. The highest BCUT2D eigenvalue weighted by molar-refractivity contribution is 6.01. The Morgan fingerprint density at radius 2 is 1.76 bits per heavy atom. The molecule has 2 aliphatic rings. The SMILES string of the molecule is COC[C@@H]1CCCN1C(=O)[C@@H]1CC(=O)N[C@@H](C(C)C)C(=O)N[C@H](Cc2ccccc2)COc2ccccc2C(=O)N1. The highest BCUT2D eigenvalue weighted by Crippen LogP contribution is 2.22. The van der Waals surface area contributed by atoms with Gasteiger partial charge in [-0.3, -0.25) is 19.2 Å².